The summed E-state index contributed by atoms with van der Waals surface area (Å²) < 4.78 is 5.69. The number of benzene rings is 1. The van der Waals surface area contributed by atoms with Crippen molar-refractivity contribution in [1.29, 1.82) is 0 Å². The molecule has 1 rings (SSSR count). The summed E-state index contributed by atoms with van der Waals surface area (Å²) in [6.07, 6.45) is 0. The lowest BCUT2D eigenvalue weighted by Gasteiger charge is -2.12. The number of aryl methyl sites for hydroxylation is 2. The van der Waals surface area contributed by atoms with Crippen molar-refractivity contribution >= 4 is 17.7 Å². The SMILES string of the molecule is CCSCCOc1c(C)cc(C(=O)O)cc1C. The van der Waals surface area contributed by atoms with E-state index in [0.717, 1.165) is 28.4 Å². The van der Waals surface area contributed by atoms with E-state index in [-0.39, 0.29) is 0 Å². The lowest BCUT2D eigenvalue weighted by Crippen LogP contribution is -2.05. The summed E-state index contributed by atoms with van der Waals surface area (Å²) >= 11 is 1.83. The number of carboxylic acids is 1. The molecule has 1 N–H and O–H groups in total. The van der Waals surface area contributed by atoms with Crippen LogP contribution >= 0.6 is 11.8 Å². The molecule has 0 radical (unpaired) electrons. The molecule has 1 aromatic carbocycles. The van der Waals surface area contributed by atoms with Crippen LogP contribution in [0.5, 0.6) is 5.75 Å². The van der Waals surface area contributed by atoms with Crippen LogP contribution in [0.15, 0.2) is 12.1 Å². The predicted molar refractivity (Wildman–Crippen MR) is 71.4 cm³/mol. The topological polar surface area (TPSA) is 46.5 Å². The fourth-order valence-corrected chi connectivity index (χ4v) is 2.14. The Morgan fingerprint density at radius 3 is 2.41 bits per heavy atom. The maximum absolute atomic E-state index is 10.9. The smallest absolute Gasteiger partial charge is 0.335 e. The van der Waals surface area contributed by atoms with Crippen LogP contribution in [0.4, 0.5) is 0 Å². The average Bonchev–Trinajstić information content (AvgIpc) is 2.26. The molecule has 0 aliphatic carbocycles. The molecule has 0 aromatic heterocycles. The first-order valence-electron chi connectivity index (χ1n) is 5.61. The quantitative estimate of drug-likeness (QED) is 0.792. The molecule has 0 bridgehead atoms. The monoisotopic (exact) mass is 254 g/mol. The van der Waals surface area contributed by atoms with Crippen molar-refractivity contribution in [3.63, 3.8) is 0 Å². The van der Waals surface area contributed by atoms with Gasteiger partial charge in [0, 0.05) is 5.75 Å². The van der Waals surface area contributed by atoms with Gasteiger partial charge in [-0.25, -0.2) is 4.79 Å². The van der Waals surface area contributed by atoms with Gasteiger partial charge in [0.2, 0.25) is 0 Å². The number of hydrogen-bond acceptors (Lipinski definition) is 3. The van der Waals surface area contributed by atoms with Crippen molar-refractivity contribution in [2.45, 2.75) is 20.8 Å². The minimum Gasteiger partial charge on any atom is -0.492 e. The second kappa shape index (κ2) is 6.55. The van der Waals surface area contributed by atoms with Gasteiger partial charge in [-0.1, -0.05) is 6.92 Å². The molecule has 0 amide bonds. The van der Waals surface area contributed by atoms with E-state index in [2.05, 4.69) is 6.92 Å². The Labute approximate surface area is 106 Å². The third-order valence-corrected chi connectivity index (χ3v) is 3.25. The third kappa shape index (κ3) is 3.97. The predicted octanol–water partition coefficient (Wildman–Crippen LogP) is 3.13. The number of carboxylic acid groups (broad SMARTS) is 1. The number of hydrogen-bond donors (Lipinski definition) is 1. The summed E-state index contributed by atoms with van der Waals surface area (Å²) in [7, 11) is 0. The van der Waals surface area contributed by atoms with Crippen LogP contribution in [0.25, 0.3) is 0 Å². The van der Waals surface area contributed by atoms with Crippen molar-refractivity contribution in [2.75, 3.05) is 18.1 Å². The number of ether oxygens (including phenoxy) is 1. The molecule has 0 aliphatic rings. The van der Waals surface area contributed by atoms with Gasteiger partial charge in [0.15, 0.2) is 0 Å². The van der Waals surface area contributed by atoms with Gasteiger partial charge in [-0.05, 0) is 42.9 Å². The number of thioether (sulfide) groups is 1. The van der Waals surface area contributed by atoms with Gasteiger partial charge in [-0.2, -0.15) is 11.8 Å². The molecular weight excluding hydrogens is 236 g/mol. The fourth-order valence-electron chi connectivity index (χ4n) is 1.65. The maximum atomic E-state index is 10.9. The molecule has 0 saturated heterocycles. The van der Waals surface area contributed by atoms with Crippen LogP contribution in [0.2, 0.25) is 0 Å². The number of aromatic carboxylic acids is 1. The minimum absolute atomic E-state index is 0.315. The fraction of sp³-hybridized carbons (Fsp3) is 0.462. The highest BCUT2D eigenvalue weighted by molar-refractivity contribution is 7.99. The van der Waals surface area contributed by atoms with Gasteiger partial charge in [0.1, 0.15) is 5.75 Å². The summed E-state index contributed by atoms with van der Waals surface area (Å²) in [6, 6.07) is 3.30. The minimum atomic E-state index is -0.899. The van der Waals surface area contributed by atoms with E-state index in [1.54, 1.807) is 12.1 Å². The Morgan fingerprint density at radius 2 is 1.94 bits per heavy atom. The number of rotatable bonds is 6. The molecule has 0 unspecified atom stereocenters. The Bertz CT molecular complexity index is 379. The second-order valence-electron chi connectivity index (χ2n) is 3.79. The van der Waals surface area contributed by atoms with Gasteiger partial charge in [-0.3, -0.25) is 0 Å². The zero-order chi connectivity index (χ0) is 12.8. The van der Waals surface area contributed by atoms with Crippen LogP contribution in [-0.4, -0.2) is 29.2 Å². The molecule has 0 fully saturated rings. The van der Waals surface area contributed by atoms with Crippen molar-refractivity contribution < 1.29 is 14.6 Å². The van der Waals surface area contributed by atoms with E-state index in [1.807, 2.05) is 25.6 Å². The summed E-state index contributed by atoms with van der Waals surface area (Å²) in [4.78, 5) is 10.9. The van der Waals surface area contributed by atoms with Crippen LogP contribution in [0, 0.1) is 13.8 Å². The van der Waals surface area contributed by atoms with Crippen molar-refractivity contribution in [1.82, 2.24) is 0 Å². The van der Waals surface area contributed by atoms with Gasteiger partial charge in [0.25, 0.3) is 0 Å². The van der Waals surface area contributed by atoms with Crippen LogP contribution in [0.1, 0.15) is 28.4 Å². The van der Waals surface area contributed by atoms with Crippen LogP contribution in [0.3, 0.4) is 0 Å². The summed E-state index contributed by atoms with van der Waals surface area (Å²) in [5.74, 6) is 1.95. The largest absolute Gasteiger partial charge is 0.492 e. The highest BCUT2D eigenvalue weighted by Crippen LogP contribution is 2.25. The Hall–Kier alpha value is -1.16. The molecule has 17 heavy (non-hydrogen) atoms. The lowest BCUT2D eigenvalue weighted by molar-refractivity contribution is 0.0696. The first-order chi connectivity index (χ1) is 8.06. The molecule has 0 heterocycles. The second-order valence-corrected chi connectivity index (χ2v) is 5.18. The molecule has 0 aliphatic heterocycles. The highest BCUT2D eigenvalue weighted by atomic mass is 32.2. The summed E-state index contributed by atoms with van der Waals surface area (Å²) in [5, 5.41) is 8.93. The number of carbonyl (C=O) groups is 1. The van der Waals surface area contributed by atoms with E-state index in [4.69, 9.17) is 9.84 Å². The zero-order valence-corrected chi connectivity index (χ0v) is 11.3. The van der Waals surface area contributed by atoms with E-state index in [0.29, 0.717) is 12.2 Å². The Balaban J connectivity index is 2.76. The molecule has 0 spiro atoms. The van der Waals surface area contributed by atoms with Crippen molar-refractivity contribution in [2.24, 2.45) is 0 Å². The Kier molecular flexibility index (Phi) is 5.35. The van der Waals surface area contributed by atoms with Crippen LogP contribution < -0.4 is 4.74 Å². The van der Waals surface area contributed by atoms with Crippen molar-refractivity contribution in [3.05, 3.63) is 28.8 Å². The summed E-state index contributed by atoms with van der Waals surface area (Å²) in [5.41, 5.74) is 2.07. The standard InChI is InChI=1S/C13H18O3S/c1-4-17-6-5-16-12-9(2)7-11(13(14)15)8-10(12)3/h7-8H,4-6H2,1-3H3,(H,14,15). The molecule has 0 saturated carbocycles. The van der Waals surface area contributed by atoms with Gasteiger partial charge in [0.05, 0.1) is 12.2 Å². The van der Waals surface area contributed by atoms with Crippen molar-refractivity contribution in [3.8, 4) is 5.75 Å². The van der Waals surface area contributed by atoms with E-state index < -0.39 is 5.97 Å². The van der Waals surface area contributed by atoms with Gasteiger partial charge in [-0.15, -0.1) is 0 Å². The van der Waals surface area contributed by atoms with Crippen LogP contribution in [-0.2, 0) is 0 Å². The first-order valence-corrected chi connectivity index (χ1v) is 6.76. The highest BCUT2D eigenvalue weighted by Gasteiger charge is 2.10. The molecule has 3 nitrogen and oxygen atoms in total. The molecule has 0 atom stereocenters. The zero-order valence-electron chi connectivity index (χ0n) is 10.4. The molecule has 4 heteroatoms. The first kappa shape index (κ1) is 13.9. The molecule has 94 valence electrons. The molecular formula is C13H18O3S. The maximum Gasteiger partial charge on any atom is 0.335 e. The lowest BCUT2D eigenvalue weighted by atomic mass is 10.1. The third-order valence-electron chi connectivity index (χ3n) is 2.39. The Morgan fingerprint density at radius 1 is 1.35 bits per heavy atom. The van der Waals surface area contributed by atoms with E-state index >= 15 is 0 Å². The van der Waals surface area contributed by atoms with Gasteiger partial charge >= 0.3 is 5.97 Å². The van der Waals surface area contributed by atoms with E-state index in [1.165, 1.54) is 0 Å². The normalized spacial score (nSPS) is 10.3. The van der Waals surface area contributed by atoms with Gasteiger partial charge < -0.3 is 9.84 Å². The average molecular weight is 254 g/mol. The van der Waals surface area contributed by atoms with E-state index in [9.17, 15) is 4.79 Å². The summed E-state index contributed by atoms with van der Waals surface area (Å²) in [6.45, 7) is 6.53. The molecule has 1 aromatic rings.